The molecule has 5 aromatic rings. The van der Waals surface area contributed by atoms with Crippen molar-refractivity contribution < 1.29 is 28.7 Å². The van der Waals surface area contributed by atoms with E-state index in [1.54, 1.807) is 67.8 Å². The van der Waals surface area contributed by atoms with Gasteiger partial charge in [-0.15, -0.1) is 0 Å². The molecule has 0 saturated heterocycles. The predicted molar refractivity (Wildman–Crippen MR) is 185 cm³/mol. The Balaban J connectivity index is 0.00000401. The van der Waals surface area contributed by atoms with Gasteiger partial charge in [0, 0.05) is 5.41 Å². The van der Waals surface area contributed by atoms with Gasteiger partial charge in [-0.3, -0.25) is 19.2 Å². The van der Waals surface area contributed by atoms with E-state index >= 15 is 0 Å². The second kappa shape index (κ2) is 12.0. The first-order chi connectivity index (χ1) is 22.6. The minimum atomic E-state index is -0.490. The van der Waals surface area contributed by atoms with Gasteiger partial charge in [-0.2, -0.15) is 0 Å². The number of hydrogen-bond donors (Lipinski definition) is 0. The fraction of sp³-hybridized carbons (Fsp3) is 0.150. The van der Waals surface area contributed by atoms with Gasteiger partial charge in [0.05, 0.1) is 40.7 Å². The Hall–Kier alpha value is -6.02. The lowest BCUT2D eigenvalue weighted by Gasteiger charge is -2.26. The monoisotopic (exact) mass is 638 g/mol. The number of fused-ring (bicyclic) bond motifs is 2. The Labute approximate surface area is 279 Å². The first-order valence-electron chi connectivity index (χ1n) is 15.1. The van der Waals surface area contributed by atoms with Crippen molar-refractivity contribution in [1.82, 2.24) is 0 Å². The van der Waals surface area contributed by atoms with Crippen molar-refractivity contribution >= 4 is 35.0 Å². The number of carbonyl (C=O) groups excluding carboxylic acids is 4. The number of aryl methyl sites for hydroxylation is 1. The largest absolute Gasteiger partial charge is 0.497 e. The summed E-state index contributed by atoms with van der Waals surface area (Å²) in [5.74, 6) is 0.0313. The number of imide groups is 2. The quantitative estimate of drug-likeness (QED) is 0.166. The van der Waals surface area contributed by atoms with E-state index in [1.165, 1.54) is 0 Å². The van der Waals surface area contributed by atoms with Crippen LogP contribution in [-0.2, 0) is 5.41 Å². The number of hydrogen-bond acceptors (Lipinski definition) is 6. The predicted octanol–water partition coefficient (Wildman–Crippen LogP) is 8.36. The standard InChI is InChI=1S/C39H30N2O6.CH4/c1-23-5-19-31-33(21-23)37(44)40(35(31)42)26-10-12-27(13-11-26)41-36(43)32-20-18-30(22-34(32)38(41)45)47-29-16-8-25(9-17-29)39(2,3)24-6-14-28(46-4)15-7-24;/h5-22H,1-4H3;1H4. The summed E-state index contributed by atoms with van der Waals surface area (Å²) in [5.41, 5.74) is 4.73. The summed E-state index contributed by atoms with van der Waals surface area (Å²) in [6.07, 6.45) is 0. The van der Waals surface area contributed by atoms with Gasteiger partial charge in [0.25, 0.3) is 23.6 Å². The number of benzene rings is 5. The summed E-state index contributed by atoms with van der Waals surface area (Å²) in [6.45, 7) is 6.16. The smallest absolute Gasteiger partial charge is 0.266 e. The van der Waals surface area contributed by atoms with Gasteiger partial charge in [0.15, 0.2) is 0 Å². The molecule has 0 spiro atoms. The second-order valence-corrected chi connectivity index (χ2v) is 12.1. The van der Waals surface area contributed by atoms with Gasteiger partial charge in [0.2, 0.25) is 0 Å². The number of carbonyl (C=O) groups is 4. The average Bonchev–Trinajstić information content (AvgIpc) is 3.48. The molecule has 8 heteroatoms. The van der Waals surface area contributed by atoms with E-state index in [1.807, 2.05) is 43.3 Å². The fourth-order valence-corrected chi connectivity index (χ4v) is 6.11. The summed E-state index contributed by atoms with van der Waals surface area (Å²) >= 11 is 0. The Morgan fingerprint density at radius 2 is 0.917 bits per heavy atom. The van der Waals surface area contributed by atoms with E-state index in [2.05, 4.69) is 26.0 Å². The molecule has 2 aliphatic heterocycles. The highest BCUT2D eigenvalue weighted by molar-refractivity contribution is 6.35. The van der Waals surface area contributed by atoms with E-state index < -0.39 is 23.6 Å². The Bertz CT molecular complexity index is 2100. The zero-order chi connectivity index (χ0) is 33.0. The van der Waals surface area contributed by atoms with Gasteiger partial charge in [0.1, 0.15) is 17.2 Å². The van der Waals surface area contributed by atoms with Crippen molar-refractivity contribution in [2.75, 3.05) is 16.9 Å². The highest BCUT2D eigenvalue weighted by Gasteiger charge is 2.39. The number of rotatable bonds is 7. The van der Waals surface area contributed by atoms with Crippen molar-refractivity contribution in [3.8, 4) is 17.2 Å². The molecule has 0 unspecified atom stereocenters. The molecule has 0 saturated carbocycles. The van der Waals surface area contributed by atoms with Crippen molar-refractivity contribution in [2.45, 2.75) is 33.6 Å². The normalized spacial score (nSPS) is 13.8. The van der Waals surface area contributed by atoms with Crippen LogP contribution < -0.4 is 19.3 Å². The lowest BCUT2D eigenvalue weighted by Crippen LogP contribution is -2.30. The van der Waals surface area contributed by atoms with Gasteiger partial charge < -0.3 is 9.47 Å². The van der Waals surface area contributed by atoms with E-state index in [0.717, 1.165) is 32.2 Å². The summed E-state index contributed by atoms with van der Waals surface area (Å²) in [4.78, 5) is 55.0. The van der Waals surface area contributed by atoms with E-state index in [4.69, 9.17) is 9.47 Å². The van der Waals surface area contributed by atoms with Crippen molar-refractivity contribution in [3.63, 3.8) is 0 Å². The van der Waals surface area contributed by atoms with E-state index in [9.17, 15) is 19.2 Å². The van der Waals surface area contributed by atoms with Gasteiger partial charge in [-0.1, -0.05) is 57.2 Å². The number of nitrogens with zero attached hydrogens (tertiary/aromatic N) is 2. The van der Waals surface area contributed by atoms with Crippen LogP contribution in [0.25, 0.3) is 0 Å². The lowest BCUT2D eigenvalue weighted by molar-refractivity contribution is 0.0909. The molecular formula is C40H34N2O6. The van der Waals surface area contributed by atoms with Crippen molar-refractivity contribution in [1.29, 1.82) is 0 Å². The molecule has 0 bridgehead atoms. The van der Waals surface area contributed by atoms with Crippen LogP contribution in [-0.4, -0.2) is 30.7 Å². The molecule has 240 valence electrons. The van der Waals surface area contributed by atoms with E-state index in [-0.39, 0.29) is 24.0 Å². The molecule has 0 aliphatic carbocycles. The molecule has 0 radical (unpaired) electrons. The summed E-state index contributed by atoms with van der Waals surface area (Å²) in [7, 11) is 1.65. The fourth-order valence-electron chi connectivity index (χ4n) is 6.11. The van der Waals surface area contributed by atoms with Crippen LogP contribution in [0.1, 0.15) is 79.4 Å². The molecule has 0 N–H and O–H groups in total. The van der Waals surface area contributed by atoms with Crippen LogP contribution in [0.3, 0.4) is 0 Å². The maximum absolute atomic E-state index is 13.5. The minimum absolute atomic E-state index is 0. The molecule has 0 fully saturated rings. The van der Waals surface area contributed by atoms with Crippen LogP contribution in [0.5, 0.6) is 17.2 Å². The maximum atomic E-state index is 13.5. The lowest BCUT2D eigenvalue weighted by atomic mass is 9.78. The van der Waals surface area contributed by atoms with Crippen LogP contribution in [0.15, 0.2) is 109 Å². The molecule has 7 rings (SSSR count). The molecule has 48 heavy (non-hydrogen) atoms. The highest BCUT2D eigenvalue weighted by atomic mass is 16.5. The Kier molecular flexibility index (Phi) is 7.96. The van der Waals surface area contributed by atoms with Gasteiger partial charge in [-0.25, -0.2) is 9.80 Å². The molecule has 2 heterocycles. The molecule has 0 aromatic heterocycles. The number of anilines is 2. The van der Waals surface area contributed by atoms with Crippen LogP contribution >= 0.6 is 0 Å². The third kappa shape index (κ3) is 5.21. The average molecular weight is 639 g/mol. The highest BCUT2D eigenvalue weighted by Crippen LogP contribution is 2.37. The zero-order valence-electron chi connectivity index (χ0n) is 26.2. The Morgan fingerprint density at radius 3 is 1.42 bits per heavy atom. The first kappa shape index (κ1) is 31.9. The minimum Gasteiger partial charge on any atom is -0.497 e. The second-order valence-electron chi connectivity index (χ2n) is 12.1. The zero-order valence-corrected chi connectivity index (χ0v) is 26.2. The molecule has 4 amide bonds. The topological polar surface area (TPSA) is 93.2 Å². The van der Waals surface area contributed by atoms with Crippen LogP contribution in [0, 0.1) is 6.92 Å². The Morgan fingerprint density at radius 1 is 0.500 bits per heavy atom. The van der Waals surface area contributed by atoms with Crippen molar-refractivity contribution in [2.24, 2.45) is 0 Å². The summed E-state index contributed by atoms with van der Waals surface area (Å²) in [6, 6.07) is 32.0. The third-order valence-corrected chi connectivity index (χ3v) is 8.89. The number of ether oxygens (including phenoxy) is 2. The molecular weight excluding hydrogens is 604 g/mol. The van der Waals surface area contributed by atoms with Crippen LogP contribution in [0.2, 0.25) is 0 Å². The molecule has 8 nitrogen and oxygen atoms in total. The van der Waals surface area contributed by atoms with Gasteiger partial charge in [-0.05, 0) is 96.9 Å². The SMILES string of the molecule is C.COc1ccc(C(C)(C)c2ccc(Oc3ccc4c(c3)C(=O)N(c3ccc(N5C(=O)c6ccc(C)cc6C5=O)cc3)C4=O)cc2)cc1. The summed E-state index contributed by atoms with van der Waals surface area (Å²) in [5, 5.41) is 0. The maximum Gasteiger partial charge on any atom is 0.266 e. The molecule has 5 aromatic carbocycles. The number of amides is 4. The third-order valence-electron chi connectivity index (χ3n) is 8.89. The van der Waals surface area contributed by atoms with Gasteiger partial charge >= 0.3 is 0 Å². The summed E-state index contributed by atoms with van der Waals surface area (Å²) < 4.78 is 11.4. The molecule has 0 atom stereocenters. The molecule has 2 aliphatic rings. The first-order valence-corrected chi connectivity index (χ1v) is 15.1. The van der Waals surface area contributed by atoms with E-state index in [0.29, 0.717) is 34.0 Å². The number of methoxy groups -OCH3 is 1. The van der Waals surface area contributed by atoms with Crippen molar-refractivity contribution in [3.05, 3.63) is 148 Å². The van der Waals surface area contributed by atoms with Crippen LogP contribution in [0.4, 0.5) is 11.4 Å².